The summed E-state index contributed by atoms with van der Waals surface area (Å²) in [6.45, 7) is 10.3. The van der Waals surface area contributed by atoms with Crippen molar-refractivity contribution in [3.63, 3.8) is 0 Å². The fraction of sp³-hybridized carbons (Fsp3) is 0.420. The van der Waals surface area contributed by atoms with Gasteiger partial charge in [0.15, 0.2) is 12.6 Å². The largest absolute Gasteiger partial charge is 0.468 e. The van der Waals surface area contributed by atoms with Gasteiger partial charge in [0.05, 0.1) is 36.2 Å². The first kappa shape index (κ1) is 45.3. The van der Waals surface area contributed by atoms with E-state index in [1.54, 1.807) is 19.4 Å². The molecule has 2 aliphatic heterocycles. The highest BCUT2D eigenvalue weighted by atomic mass is 19.1. The maximum Gasteiger partial charge on any atom is 0.410 e. The zero-order valence-corrected chi connectivity index (χ0v) is 37.8. The second kappa shape index (κ2) is 20.2. The van der Waals surface area contributed by atoms with E-state index in [2.05, 4.69) is 16.4 Å². The number of aromatic nitrogens is 4. The number of pyridine rings is 1. The summed E-state index contributed by atoms with van der Waals surface area (Å²) in [7, 11) is 1.55. The minimum absolute atomic E-state index is 0.0111. The van der Waals surface area contributed by atoms with Crippen LogP contribution in [0.3, 0.4) is 0 Å². The molecule has 0 aliphatic carbocycles. The molecule has 0 saturated carbocycles. The third-order valence-corrected chi connectivity index (χ3v) is 11.7. The van der Waals surface area contributed by atoms with Crippen LogP contribution in [0.5, 0.6) is 11.8 Å². The summed E-state index contributed by atoms with van der Waals surface area (Å²) in [5.74, 6) is 0.0802. The van der Waals surface area contributed by atoms with Gasteiger partial charge in [0.1, 0.15) is 41.6 Å². The number of carbonyl (C=O) groups excluding carboxylic acids is 2. The van der Waals surface area contributed by atoms with Crippen LogP contribution in [-0.4, -0.2) is 94.4 Å². The lowest BCUT2D eigenvalue weighted by atomic mass is 9.95. The highest BCUT2D eigenvalue weighted by Crippen LogP contribution is 2.40. The van der Waals surface area contributed by atoms with Crippen LogP contribution < -0.4 is 14.4 Å². The number of hydrogen-bond acceptors (Lipinski definition) is 12. The van der Waals surface area contributed by atoms with Crippen molar-refractivity contribution in [3.8, 4) is 23.0 Å². The number of piperazine rings is 1. The average Bonchev–Trinajstić information content (AvgIpc) is 3.87. The van der Waals surface area contributed by atoms with E-state index < -0.39 is 11.4 Å². The maximum atomic E-state index is 17.5. The van der Waals surface area contributed by atoms with Crippen molar-refractivity contribution >= 4 is 39.6 Å². The quantitative estimate of drug-likeness (QED) is 0.0462. The number of carbonyl (C=O) groups is 2. The summed E-state index contributed by atoms with van der Waals surface area (Å²) < 4.78 is 53.9. The Kier molecular flexibility index (Phi) is 14.1. The number of amides is 1. The molecule has 3 aromatic heterocycles. The molecule has 2 atom stereocenters. The van der Waals surface area contributed by atoms with Crippen LogP contribution in [0.2, 0.25) is 0 Å². The number of anilines is 1. The van der Waals surface area contributed by atoms with Gasteiger partial charge in [-0.05, 0) is 92.6 Å². The molecule has 2 bridgehead atoms. The number of hydrogen-bond donors (Lipinski definition) is 0. The molecule has 0 spiro atoms. The minimum Gasteiger partial charge on any atom is -0.468 e. The molecule has 0 N–H and O–H groups in total. The van der Waals surface area contributed by atoms with Crippen LogP contribution in [0.4, 0.5) is 15.0 Å². The zero-order valence-electron chi connectivity index (χ0n) is 37.8. The number of rotatable bonds is 18. The smallest absolute Gasteiger partial charge is 0.410 e. The van der Waals surface area contributed by atoms with Crippen molar-refractivity contribution in [2.45, 2.75) is 97.2 Å². The molecule has 342 valence electrons. The van der Waals surface area contributed by atoms with Gasteiger partial charge >= 0.3 is 18.1 Å². The van der Waals surface area contributed by atoms with E-state index >= 15 is 4.39 Å². The van der Waals surface area contributed by atoms with Gasteiger partial charge in [-0.15, -0.1) is 0 Å². The lowest BCUT2D eigenvalue weighted by molar-refractivity contribution is -0.146. The van der Waals surface area contributed by atoms with Gasteiger partial charge in [-0.1, -0.05) is 55.5 Å². The minimum atomic E-state index is -0.629. The molecule has 65 heavy (non-hydrogen) atoms. The normalized spacial score (nSPS) is 16.0. The Bertz CT molecular complexity index is 2600. The topological polar surface area (TPSA) is 140 Å². The predicted molar refractivity (Wildman–Crippen MR) is 244 cm³/mol. The number of esters is 1. The Morgan fingerprint density at radius 1 is 0.908 bits per heavy atom. The molecule has 3 aromatic carbocycles. The number of nitrogens with zero attached hydrogens (tertiary/aromatic N) is 6. The van der Waals surface area contributed by atoms with Crippen LogP contribution in [-0.2, 0) is 49.9 Å². The fourth-order valence-corrected chi connectivity index (χ4v) is 8.72. The lowest BCUT2D eigenvalue weighted by Gasteiger charge is -2.42. The lowest BCUT2D eigenvalue weighted by Crippen LogP contribution is -2.57. The van der Waals surface area contributed by atoms with Crippen molar-refractivity contribution in [2.75, 3.05) is 45.1 Å². The summed E-state index contributed by atoms with van der Waals surface area (Å²) in [4.78, 5) is 44.0. The zero-order chi connectivity index (χ0) is 45.5. The molecule has 5 heterocycles. The third-order valence-electron chi connectivity index (χ3n) is 11.7. The Hall–Kier alpha value is -6.32. The van der Waals surface area contributed by atoms with E-state index in [0.29, 0.717) is 55.2 Å². The summed E-state index contributed by atoms with van der Waals surface area (Å²) in [6.07, 6.45) is 6.48. The van der Waals surface area contributed by atoms with E-state index in [1.807, 2.05) is 98.6 Å². The molecule has 0 unspecified atom stereocenters. The molecule has 2 fully saturated rings. The highest BCUT2D eigenvalue weighted by Gasteiger charge is 2.45. The highest BCUT2D eigenvalue weighted by molar-refractivity contribution is 6.01. The molecular formula is C50H57FN6O8. The third kappa shape index (κ3) is 10.6. The van der Waals surface area contributed by atoms with Gasteiger partial charge in [0.25, 0.3) is 0 Å². The molecule has 8 rings (SSSR count). The maximum absolute atomic E-state index is 17.5. The standard InChI is InChI=1S/C50H57FN6O8/c1-6-34-15-10-16-35-25-39(64-32-60-5)26-40(43(34)35)45-44(51)46-41(27-52-45)47(56-28-36-18-19-37(29-56)57(36)49(59)65-50(2,3)4)54-48(53-46)63-31-38-17-11-21-55(38)22-12-23-61-24-20-42(58)62-30-33-13-8-7-9-14-33/h7-11,13-17,21,25-27,36-37H,6,12,18-20,22-24,28-32H2,1-5H3/t36-,37-/m0/s1. The fourth-order valence-electron chi connectivity index (χ4n) is 8.72. The van der Waals surface area contributed by atoms with E-state index in [4.69, 9.17) is 43.4 Å². The van der Waals surface area contributed by atoms with Crippen LogP contribution in [0.1, 0.15) is 70.2 Å². The van der Waals surface area contributed by atoms with Crippen LogP contribution >= 0.6 is 0 Å². The van der Waals surface area contributed by atoms with Crippen molar-refractivity contribution in [2.24, 2.45) is 0 Å². The van der Waals surface area contributed by atoms with Crippen LogP contribution in [0, 0.1) is 5.82 Å². The monoisotopic (exact) mass is 888 g/mol. The summed E-state index contributed by atoms with van der Waals surface area (Å²) >= 11 is 0. The summed E-state index contributed by atoms with van der Waals surface area (Å²) in [5.41, 5.74) is 2.98. The van der Waals surface area contributed by atoms with Crippen LogP contribution in [0.25, 0.3) is 32.9 Å². The van der Waals surface area contributed by atoms with Gasteiger partial charge in [-0.3, -0.25) is 14.7 Å². The Balaban J connectivity index is 1.04. The second-order valence-electron chi connectivity index (χ2n) is 17.4. The number of methoxy groups -OCH3 is 1. The van der Waals surface area contributed by atoms with Gasteiger partial charge in [0.2, 0.25) is 0 Å². The number of fused-ring (bicyclic) bond motifs is 4. The van der Waals surface area contributed by atoms with E-state index in [9.17, 15) is 9.59 Å². The Labute approximate surface area is 378 Å². The number of aryl methyl sites for hydroxylation is 2. The van der Waals surface area contributed by atoms with Crippen LogP contribution in [0.15, 0.2) is 85.2 Å². The number of halogens is 1. The summed E-state index contributed by atoms with van der Waals surface area (Å²) in [6, 6.07) is 22.9. The molecule has 2 saturated heterocycles. The van der Waals surface area contributed by atoms with Gasteiger partial charge in [0, 0.05) is 51.3 Å². The first-order valence-electron chi connectivity index (χ1n) is 22.3. The number of benzene rings is 3. The van der Waals surface area contributed by atoms with Crippen molar-refractivity contribution in [1.29, 1.82) is 0 Å². The van der Waals surface area contributed by atoms with Gasteiger partial charge in [-0.25, -0.2) is 9.18 Å². The van der Waals surface area contributed by atoms with Gasteiger partial charge in [-0.2, -0.15) is 9.97 Å². The average molecular weight is 889 g/mol. The van der Waals surface area contributed by atoms with Crippen molar-refractivity contribution in [1.82, 2.24) is 24.4 Å². The van der Waals surface area contributed by atoms with Gasteiger partial charge < -0.3 is 37.9 Å². The number of ether oxygens (including phenoxy) is 6. The van der Waals surface area contributed by atoms with Crippen molar-refractivity contribution in [3.05, 3.63) is 108 Å². The molecule has 0 radical (unpaired) electrons. The summed E-state index contributed by atoms with van der Waals surface area (Å²) in [5, 5.41) is 2.19. The predicted octanol–water partition coefficient (Wildman–Crippen LogP) is 9.04. The Morgan fingerprint density at radius 2 is 1.71 bits per heavy atom. The second-order valence-corrected chi connectivity index (χ2v) is 17.4. The Morgan fingerprint density at radius 3 is 2.46 bits per heavy atom. The van der Waals surface area contributed by atoms with E-state index in [0.717, 1.165) is 46.9 Å². The molecule has 1 amide bonds. The van der Waals surface area contributed by atoms with Crippen molar-refractivity contribution < 1.29 is 42.4 Å². The molecular weight excluding hydrogens is 832 g/mol. The first-order valence-corrected chi connectivity index (χ1v) is 22.3. The molecule has 15 heteroatoms. The molecule has 6 aromatic rings. The molecule has 14 nitrogen and oxygen atoms in total. The van der Waals surface area contributed by atoms with E-state index in [-0.39, 0.29) is 74.4 Å². The SMILES string of the molecule is CCc1cccc2cc(OCOC)cc(-c3ncc4c(N5C[C@@H]6CC[C@@H](C5)N6C(=O)OC(C)(C)C)nc(OCc5cccn5CCCOCCC(=O)OCc5ccccc5)nc4c3F)c12. The first-order chi connectivity index (χ1) is 31.5. The van der Waals surface area contributed by atoms with E-state index in [1.165, 1.54) is 0 Å². The molecule has 2 aliphatic rings.